The normalized spacial score (nSPS) is 11.7. The van der Waals surface area contributed by atoms with Gasteiger partial charge < -0.3 is 10.7 Å². The molecule has 1 rings (SSSR count). The van der Waals surface area contributed by atoms with E-state index in [0.717, 1.165) is 41.8 Å². The fourth-order valence-corrected chi connectivity index (χ4v) is 2.66. The highest BCUT2D eigenvalue weighted by atomic mass is 15.5. The van der Waals surface area contributed by atoms with Crippen LogP contribution in [0.4, 0.5) is 11.4 Å². The second-order valence-corrected chi connectivity index (χ2v) is 6.23. The van der Waals surface area contributed by atoms with Gasteiger partial charge in [-0.1, -0.05) is 37.3 Å². The van der Waals surface area contributed by atoms with Crippen LogP contribution in [-0.2, 0) is 6.42 Å². The maximum atomic E-state index is 5.50. The van der Waals surface area contributed by atoms with Crippen molar-refractivity contribution in [3.05, 3.63) is 48.1 Å². The van der Waals surface area contributed by atoms with E-state index in [0.29, 0.717) is 6.42 Å². The van der Waals surface area contributed by atoms with Crippen molar-refractivity contribution >= 4 is 11.4 Å². The third kappa shape index (κ3) is 5.79. The first-order chi connectivity index (χ1) is 11.4. The molecule has 2 N–H and O–H groups in total. The Bertz CT molecular complexity index is 610. The lowest BCUT2D eigenvalue weighted by atomic mass is 10.0. The largest absolute Gasteiger partial charge is 0.388 e. The molecular formula is C21H31N3. The molecule has 0 spiro atoms. The van der Waals surface area contributed by atoms with Crippen LogP contribution in [0.2, 0.25) is 0 Å². The summed E-state index contributed by atoms with van der Waals surface area (Å²) in [7, 11) is 3.97. The number of hydrogen-bond acceptors (Lipinski definition) is 3. The Kier molecular flexibility index (Phi) is 8.15. The van der Waals surface area contributed by atoms with E-state index in [4.69, 9.17) is 6.42 Å². The number of allylic oxidation sites excluding steroid dienone is 1. The van der Waals surface area contributed by atoms with Gasteiger partial charge in [-0.25, -0.2) is 5.01 Å². The Morgan fingerprint density at radius 1 is 1.38 bits per heavy atom. The second-order valence-electron chi connectivity index (χ2n) is 6.23. The van der Waals surface area contributed by atoms with Crippen LogP contribution in [0.3, 0.4) is 0 Å². The van der Waals surface area contributed by atoms with E-state index < -0.39 is 0 Å². The van der Waals surface area contributed by atoms with Gasteiger partial charge in [0.15, 0.2) is 0 Å². The molecule has 0 fully saturated rings. The lowest BCUT2D eigenvalue weighted by Crippen LogP contribution is -2.37. The van der Waals surface area contributed by atoms with Gasteiger partial charge in [-0.05, 0) is 43.9 Å². The molecule has 1 aromatic carbocycles. The SMILES string of the molecule is C#CCc1ccc(NC)cc1NN(C)C(CCC(=C)CC)C(=C)C. The summed E-state index contributed by atoms with van der Waals surface area (Å²) in [5, 5.41) is 5.30. The summed E-state index contributed by atoms with van der Waals surface area (Å²) in [4.78, 5) is 0. The molecule has 0 bridgehead atoms. The summed E-state index contributed by atoms with van der Waals surface area (Å²) in [6.07, 6.45) is 9.14. The average Bonchev–Trinajstić information content (AvgIpc) is 2.56. The van der Waals surface area contributed by atoms with Crippen molar-refractivity contribution in [1.29, 1.82) is 0 Å². The molecule has 130 valence electrons. The predicted octanol–water partition coefficient (Wildman–Crippen LogP) is 4.85. The van der Waals surface area contributed by atoms with Gasteiger partial charge in [0.05, 0.1) is 5.69 Å². The molecule has 0 amide bonds. The zero-order valence-corrected chi connectivity index (χ0v) is 15.6. The monoisotopic (exact) mass is 325 g/mol. The summed E-state index contributed by atoms with van der Waals surface area (Å²) < 4.78 is 0. The van der Waals surface area contributed by atoms with Gasteiger partial charge in [-0.15, -0.1) is 12.3 Å². The van der Waals surface area contributed by atoms with Crippen LogP contribution in [0.15, 0.2) is 42.5 Å². The average molecular weight is 326 g/mol. The van der Waals surface area contributed by atoms with Gasteiger partial charge in [0.2, 0.25) is 0 Å². The van der Waals surface area contributed by atoms with Gasteiger partial charge in [0, 0.05) is 32.2 Å². The van der Waals surface area contributed by atoms with Gasteiger partial charge in [0.25, 0.3) is 0 Å². The van der Waals surface area contributed by atoms with Crippen LogP contribution in [0.5, 0.6) is 0 Å². The third-order valence-corrected chi connectivity index (χ3v) is 4.30. The highest BCUT2D eigenvalue weighted by molar-refractivity contribution is 5.61. The number of benzene rings is 1. The van der Waals surface area contributed by atoms with Gasteiger partial charge in [-0.2, -0.15) is 0 Å². The van der Waals surface area contributed by atoms with Gasteiger partial charge in [-0.3, -0.25) is 0 Å². The fourth-order valence-electron chi connectivity index (χ4n) is 2.66. The molecule has 0 aliphatic rings. The summed E-state index contributed by atoms with van der Waals surface area (Å²) in [6, 6.07) is 6.43. The quantitative estimate of drug-likeness (QED) is 0.366. The molecule has 0 aliphatic carbocycles. The number of rotatable bonds is 10. The summed E-state index contributed by atoms with van der Waals surface area (Å²) in [5.41, 5.74) is 9.11. The van der Waals surface area contributed by atoms with E-state index in [1.807, 2.05) is 13.1 Å². The van der Waals surface area contributed by atoms with Crippen molar-refractivity contribution in [3.8, 4) is 12.3 Å². The van der Waals surface area contributed by atoms with E-state index in [2.05, 4.69) is 67.9 Å². The highest BCUT2D eigenvalue weighted by Gasteiger charge is 2.17. The van der Waals surface area contributed by atoms with E-state index in [-0.39, 0.29) is 6.04 Å². The Morgan fingerprint density at radius 3 is 2.62 bits per heavy atom. The number of hydrogen-bond donors (Lipinski definition) is 2. The van der Waals surface area contributed by atoms with Gasteiger partial charge in [0.1, 0.15) is 0 Å². The van der Waals surface area contributed by atoms with Crippen LogP contribution in [0.25, 0.3) is 0 Å². The molecule has 3 nitrogen and oxygen atoms in total. The van der Waals surface area contributed by atoms with Crippen LogP contribution >= 0.6 is 0 Å². The molecule has 1 atom stereocenters. The van der Waals surface area contributed by atoms with E-state index in [9.17, 15) is 0 Å². The number of likely N-dealkylation sites (N-methyl/N-ethyl adjacent to an activating group) is 1. The van der Waals surface area contributed by atoms with Crippen molar-refractivity contribution in [2.75, 3.05) is 24.8 Å². The minimum atomic E-state index is 0.241. The zero-order valence-electron chi connectivity index (χ0n) is 15.6. The van der Waals surface area contributed by atoms with Crippen LogP contribution in [0, 0.1) is 12.3 Å². The first kappa shape index (κ1) is 19.9. The molecule has 0 saturated carbocycles. The predicted molar refractivity (Wildman–Crippen MR) is 107 cm³/mol. The molecule has 1 aromatic rings. The second kappa shape index (κ2) is 9.85. The zero-order chi connectivity index (χ0) is 18.1. The van der Waals surface area contributed by atoms with Crippen molar-refractivity contribution < 1.29 is 0 Å². The molecular weight excluding hydrogens is 294 g/mol. The van der Waals surface area contributed by atoms with Crippen LogP contribution in [0.1, 0.15) is 38.7 Å². The Labute approximate surface area is 147 Å². The number of nitrogens with zero attached hydrogens (tertiary/aromatic N) is 1. The standard InChI is InChI=1S/C21H31N3/c1-8-10-18-12-13-19(22-6)15-20(18)23-24(7)21(16(3)4)14-11-17(5)9-2/h1,12-13,15,21-23H,3,5,9-11,14H2,2,4,6-7H3. The minimum absolute atomic E-state index is 0.241. The molecule has 0 radical (unpaired) electrons. The minimum Gasteiger partial charge on any atom is -0.388 e. The Balaban J connectivity index is 2.93. The number of hydrazine groups is 1. The molecule has 0 saturated heterocycles. The number of terminal acetylenes is 1. The van der Waals surface area contributed by atoms with Crippen LogP contribution in [-0.4, -0.2) is 25.1 Å². The van der Waals surface area contributed by atoms with Crippen LogP contribution < -0.4 is 10.7 Å². The van der Waals surface area contributed by atoms with E-state index in [1.165, 1.54) is 5.57 Å². The third-order valence-electron chi connectivity index (χ3n) is 4.30. The molecule has 0 aromatic heterocycles. The lowest BCUT2D eigenvalue weighted by Gasteiger charge is -2.31. The highest BCUT2D eigenvalue weighted by Crippen LogP contribution is 2.24. The summed E-state index contributed by atoms with van der Waals surface area (Å²) >= 11 is 0. The van der Waals surface area contributed by atoms with E-state index in [1.54, 1.807) is 0 Å². The maximum Gasteiger partial charge on any atom is 0.0552 e. The van der Waals surface area contributed by atoms with Gasteiger partial charge >= 0.3 is 0 Å². The number of nitrogens with one attached hydrogen (secondary N) is 2. The van der Waals surface area contributed by atoms with Crippen molar-refractivity contribution in [1.82, 2.24) is 5.01 Å². The summed E-state index contributed by atoms with van der Waals surface area (Å²) in [6.45, 7) is 12.5. The first-order valence-electron chi connectivity index (χ1n) is 8.48. The Morgan fingerprint density at radius 2 is 2.08 bits per heavy atom. The molecule has 0 aliphatic heterocycles. The molecule has 0 heterocycles. The fraction of sp³-hybridized carbons (Fsp3) is 0.429. The summed E-state index contributed by atoms with van der Waals surface area (Å²) in [5.74, 6) is 2.73. The van der Waals surface area contributed by atoms with Crippen molar-refractivity contribution in [2.45, 2.75) is 45.6 Å². The first-order valence-corrected chi connectivity index (χ1v) is 8.48. The lowest BCUT2D eigenvalue weighted by molar-refractivity contribution is 0.310. The molecule has 1 unspecified atom stereocenters. The number of anilines is 2. The topological polar surface area (TPSA) is 27.3 Å². The smallest absolute Gasteiger partial charge is 0.0552 e. The maximum absolute atomic E-state index is 5.50. The molecule has 3 heteroatoms. The Hall–Kier alpha value is -2.18. The molecule has 24 heavy (non-hydrogen) atoms. The van der Waals surface area contributed by atoms with Crippen molar-refractivity contribution in [2.24, 2.45) is 0 Å². The van der Waals surface area contributed by atoms with Crippen molar-refractivity contribution in [3.63, 3.8) is 0 Å². The van der Waals surface area contributed by atoms with E-state index >= 15 is 0 Å².